The smallest absolute Gasteiger partial charge is 0.238 e. The summed E-state index contributed by atoms with van der Waals surface area (Å²) in [5.41, 5.74) is 2.14. The summed E-state index contributed by atoms with van der Waals surface area (Å²) in [4.78, 5) is 14.3. The van der Waals surface area contributed by atoms with Crippen LogP contribution in [0.4, 0.5) is 9.39 Å². The van der Waals surface area contributed by atoms with E-state index in [9.17, 15) is 14.4 Å². The van der Waals surface area contributed by atoms with E-state index in [1.54, 1.807) is 18.2 Å². The second kappa shape index (κ2) is 9.27. The van der Waals surface area contributed by atoms with Gasteiger partial charge in [-0.15, -0.1) is 21.5 Å². The number of anilines is 1. The summed E-state index contributed by atoms with van der Waals surface area (Å²) in [7, 11) is 0. The molecule has 0 unspecified atom stereocenters. The molecule has 6 nitrogen and oxygen atoms in total. The molecule has 9 heteroatoms. The van der Waals surface area contributed by atoms with E-state index >= 15 is 0 Å². The van der Waals surface area contributed by atoms with Gasteiger partial charge in [-0.1, -0.05) is 30.3 Å². The van der Waals surface area contributed by atoms with Gasteiger partial charge in [0.25, 0.3) is 0 Å². The first-order valence-electron chi connectivity index (χ1n) is 11.3. The van der Waals surface area contributed by atoms with E-state index in [0.717, 1.165) is 44.1 Å². The summed E-state index contributed by atoms with van der Waals surface area (Å²) in [5.74, 6) is -0.0131. The fraction of sp³-hybridized carbons (Fsp3) is 0.417. The van der Waals surface area contributed by atoms with Crippen molar-refractivity contribution < 1.29 is 9.18 Å². The molecule has 0 radical (unpaired) electrons. The summed E-state index contributed by atoms with van der Waals surface area (Å²) < 4.78 is 16.4. The number of benzene rings is 1. The van der Waals surface area contributed by atoms with Crippen molar-refractivity contribution in [2.24, 2.45) is 0 Å². The lowest BCUT2D eigenvalue weighted by atomic mass is 10.1. The van der Waals surface area contributed by atoms with Crippen LogP contribution in [0.15, 0.2) is 29.4 Å². The minimum absolute atomic E-state index is 0.175. The maximum atomic E-state index is 14.4. The highest BCUT2D eigenvalue weighted by atomic mass is 32.2. The van der Waals surface area contributed by atoms with Crippen molar-refractivity contribution >= 4 is 34.0 Å². The van der Waals surface area contributed by atoms with Crippen molar-refractivity contribution in [1.82, 2.24) is 14.8 Å². The topological polar surface area (TPSA) is 83.6 Å². The molecular formula is C24H24FN5OS2. The maximum Gasteiger partial charge on any atom is 0.238 e. The van der Waals surface area contributed by atoms with Crippen molar-refractivity contribution in [3.8, 4) is 17.5 Å². The molecule has 5 rings (SSSR count). The number of rotatable bonds is 6. The Kier molecular flexibility index (Phi) is 6.21. The molecule has 170 valence electrons. The third-order valence-corrected chi connectivity index (χ3v) is 8.38. The average Bonchev–Trinajstić information content (AvgIpc) is 3.54. The Bertz CT molecular complexity index is 1240. The fourth-order valence-electron chi connectivity index (χ4n) is 4.22. The minimum atomic E-state index is -0.450. The lowest BCUT2D eigenvalue weighted by Crippen LogP contribution is -2.23. The van der Waals surface area contributed by atoms with Crippen LogP contribution in [-0.2, 0) is 17.6 Å². The molecule has 0 spiro atoms. The number of hydrogen-bond acceptors (Lipinski definition) is 6. The molecule has 0 aliphatic heterocycles. The van der Waals surface area contributed by atoms with Gasteiger partial charge >= 0.3 is 0 Å². The first-order chi connectivity index (χ1) is 16.1. The van der Waals surface area contributed by atoms with Gasteiger partial charge in [-0.2, -0.15) is 5.26 Å². The van der Waals surface area contributed by atoms with E-state index in [-0.39, 0.29) is 17.8 Å². The van der Waals surface area contributed by atoms with Crippen LogP contribution in [0.5, 0.6) is 0 Å². The Hall–Kier alpha value is -2.70. The molecule has 1 fully saturated rings. The average molecular weight is 482 g/mol. The van der Waals surface area contributed by atoms with Crippen molar-refractivity contribution in [1.29, 1.82) is 5.26 Å². The molecule has 3 aromatic rings. The number of halogens is 1. The van der Waals surface area contributed by atoms with Crippen molar-refractivity contribution in [2.45, 2.75) is 68.3 Å². The molecule has 2 aliphatic rings. The number of hydrogen-bond donors (Lipinski definition) is 1. The lowest BCUT2D eigenvalue weighted by Gasteiger charge is -2.13. The second-order valence-corrected chi connectivity index (χ2v) is 10.9. The van der Waals surface area contributed by atoms with Crippen LogP contribution >= 0.6 is 23.1 Å². The zero-order chi connectivity index (χ0) is 22.9. The predicted octanol–water partition coefficient (Wildman–Crippen LogP) is 5.74. The molecule has 33 heavy (non-hydrogen) atoms. The monoisotopic (exact) mass is 481 g/mol. The Morgan fingerprint density at radius 1 is 1.27 bits per heavy atom. The number of carbonyl (C=O) groups excluding carboxylic acids is 1. The van der Waals surface area contributed by atoms with Crippen LogP contribution in [0.1, 0.15) is 61.1 Å². The molecule has 2 aliphatic carbocycles. The maximum absolute atomic E-state index is 14.4. The van der Waals surface area contributed by atoms with Crippen molar-refractivity contribution in [3.63, 3.8) is 0 Å². The number of fused-ring (bicyclic) bond motifs is 1. The van der Waals surface area contributed by atoms with Gasteiger partial charge in [0, 0.05) is 10.9 Å². The van der Waals surface area contributed by atoms with E-state index < -0.39 is 5.25 Å². The summed E-state index contributed by atoms with van der Waals surface area (Å²) in [6, 6.07) is 9.09. The number of nitriles is 1. The Morgan fingerprint density at radius 3 is 2.82 bits per heavy atom. The highest BCUT2D eigenvalue weighted by Gasteiger charge is 2.32. The number of nitrogens with zero attached hydrogens (tertiary/aromatic N) is 4. The van der Waals surface area contributed by atoms with Gasteiger partial charge in [0.1, 0.15) is 16.9 Å². The molecule has 1 amide bonds. The molecule has 1 saturated carbocycles. The van der Waals surface area contributed by atoms with E-state index in [1.165, 1.54) is 40.5 Å². The zero-order valence-electron chi connectivity index (χ0n) is 18.3. The van der Waals surface area contributed by atoms with Gasteiger partial charge < -0.3 is 5.32 Å². The number of thiophene rings is 1. The van der Waals surface area contributed by atoms with Crippen LogP contribution in [-0.4, -0.2) is 25.9 Å². The van der Waals surface area contributed by atoms with E-state index in [1.807, 2.05) is 11.5 Å². The number of nitrogens with one attached hydrogen (secondary N) is 1. The van der Waals surface area contributed by atoms with Crippen LogP contribution in [0.25, 0.3) is 11.4 Å². The van der Waals surface area contributed by atoms with Crippen LogP contribution < -0.4 is 5.32 Å². The van der Waals surface area contributed by atoms with Crippen LogP contribution in [0.3, 0.4) is 0 Å². The number of thioether (sulfide) groups is 1. The summed E-state index contributed by atoms with van der Waals surface area (Å²) in [5, 5.41) is 22.1. The third kappa shape index (κ3) is 4.42. The molecule has 2 heterocycles. The van der Waals surface area contributed by atoms with E-state index in [0.29, 0.717) is 27.1 Å². The normalized spacial score (nSPS) is 16.5. The Balaban J connectivity index is 1.36. The van der Waals surface area contributed by atoms with Gasteiger partial charge in [-0.05, 0) is 63.1 Å². The summed E-state index contributed by atoms with van der Waals surface area (Å²) >= 11 is 2.85. The molecular weight excluding hydrogens is 457 g/mol. The largest absolute Gasteiger partial charge is 0.316 e. The zero-order valence-corrected chi connectivity index (χ0v) is 19.9. The van der Waals surface area contributed by atoms with Gasteiger partial charge in [-0.25, -0.2) is 4.39 Å². The van der Waals surface area contributed by atoms with Gasteiger partial charge in [-0.3, -0.25) is 9.36 Å². The van der Waals surface area contributed by atoms with Crippen LogP contribution in [0, 0.1) is 17.1 Å². The number of aryl methyl sites for hydroxylation is 1. The van der Waals surface area contributed by atoms with Gasteiger partial charge in [0.05, 0.1) is 16.4 Å². The number of aromatic nitrogens is 3. The fourth-order valence-corrected chi connectivity index (χ4v) is 6.38. The molecule has 0 saturated heterocycles. The van der Waals surface area contributed by atoms with Gasteiger partial charge in [0.2, 0.25) is 5.91 Å². The van der Waals surface area contributed by atoms with Gasteiger partial charge in [0.15, 0.2) is 11.0 Å². The Morgan fingerprint density at radius 2 is 2.06 bits per heavy atom. The van der Waals surface area contributed by atoms with E-state index in [2.05, 4.69) is 21.6 Å². The molecule has 1 N–H and O–H groups in total. The lowest BCUT2D eigenvalue weighted by molar-refractivity contribution is -0.115. The second-order valence-electron chi connectivity index (χ2n) is 8.52. The summed E-state index contributed by atoms with van der Waals surface area (Å²) in [6.07, 6.45) is 7.23. The quantitative estimate of drug-likeness (QED) is 0.358. The molecule has 1 atom stereocenters. The molecule has 1 aromatic carbocycles. The predicted molar refractivity (Wildman–Crippen MR) is 128 cm³/mol. The first kappa shape index (κ1) is 22.1. The van der Waals surface area contributed by atoms with Crippen molar-refractivity contribution in [3.05, 3.63) is 46.1 Å². The highest BCUT2D eigenvalue weighted by Crippen LogP contribution is 2.42. The Labute approximate surface area is 200 Å². The number of amides is 1. The van der Waals surface area contributed by atoms with Crippen LogP contribution in [0.2, 0.25) is 0 Å². The molecule has 2 aromatic heterocycles. The molecule has 0 bridgehead atoms. The standard InChI is InChI=1S/C24H24FN5OS2/c1-14(22(31)27-23-18(13-26)16-7-3-2-4-10-20(16)33-23)32-24-29-28-21(30(24)15-11-12-15)17-8-5-6-9-19(17)25/h5-6,8-9,14-15H,2-4,7,10-12H2,1H3,(H,27,31)/t14-/m1/s1. The number of carbonyl (C=O) groups is 1. The SMILES string of the molecule is C[C@@H](Sc1nnc(-c2ccccc2F)n1C1CC1)C(=O)Nc1sc2c(c1C#N)CCCCC2. The van der Waals surface area contributed by atoms with Crippen molar-refractivity contribution in [2.75, 3.05) is 5.32 Å². The van der Waals surface area contributed by atoms with E-state index in [4.69, 9.17) is 0 Å². The summed E-state index contributed by atoms with van der Waals surface area (Å²) in [6.45, 7) is 1.82. The minimum Gasteiger partial charge on any atom is -0.316 e. The third-order valence-electron chi connectivity index (χ3n) is 6.11. The highest BCUT2D eigenvalue weighted by molar-refractivity contribution is 8.00. The first-order valence-corrected chi connectivity index (χ1v) is 13.0.